The predicted octanol–water partition coefficient (Wildman–Crippen LogP) is 2.67. The summed E-state index contributed by atoms with van der Waals surface area (Å²) in [6.07, 6.45) is 3.09. The average molecular weight is 279 g/mol. The van der Waals surface area contributed by atoms with Crippen molar-refractivity contribution in [2.24, 2.45) is 5.10 Å². The molecule has 0 bridgehead atoms. The van der Waals surface area contributed by atoms with Crippen molar-refractivity contribution in [2.75, 3.05) is 12.0 Å². The Balaban J connectivity index is 2.02. The molecule has 0 radical (unpaired) electrons. The molecule has 2 aromatic rings. The van der Waals surface area contributed by atoms with Crippen LogP contribution in [0, 0.1) is 6.92 Å². The fourth-order valence-electron chi connectivity index (χ4n) is 1.35. The second-order valence-electron chi connectivity index (χ2n) is 3.54. The van der Waals surface area contributed by atoms with E-state index in [4.69, 9.17) is 9.15 Å². The van der Waals surface area contributed by atoms with Gasteiger partial charge in [0.25, 0.3) is 0 Å². The van der Waals surface area contributed by atoms with Gasteiger partial charge in [-0.15, -0.1) is 0 Å². The molecular formula is C12H13N3O3S. The summed E-state index contributed by atoms with van der Waals surface area (Å²) in [5, 5.41) is 4.50. The number of aromatic nitrogens is 1. The topological polar surface area (TPSA) is 76.7 Å². The Hall–Kier alpha value is -2.15. The minimum atomic E-state index is -0.361. The second-order valence-corrected chi connectivity index (χ2v) is 4.54. The number of anilines is 1. The van der Waals surface area contributed by atoms with Crippen LogP contribution in [0.1, 0.15) is 28.0 Å². The summed E-state index contributed by atoms with van der Waals surface area (Å²) < 4.78 is 10.0. The van der Waals surface area contributed by atoms with Crippen LogP contribution in [0.5, 0.6) is 0 Å². The number of aryl methyl sites for hydroxylation is 1. The molecule has 0 aliphatic rings. The van der Waals surface area contributed by atoms with Gasteiger partial charge >= 0.3 is 5.97 Å². The summed E-state index contributed by atoms with van der Waals surface area (Å²) in [4.78, 5) is 16.3. The van der Waals surface area contributed by atoms with Crippen LogP contribution in [0.25, 0.3) is 0 Å². The standard InChI is InChI=1S/C12H13N3O3S/c1-3-17-11(16)10-8(2)14-12(19-10)15-13-7-9-5-4-6-18-9/h4-7H,3H2,1-2H3,(H,14,15)/b13-7-. The molecule has 0 aliphatic heterocycles. The molecule has 0 fully saturated rings. The molecule has 19 heavy (non-hydrogen) atoms. The highest BCUT2D eigenvalue weighted by molar-refractivity contribution is 7.17. The molecule has 6 nitrogen and oxygen atoms in total. The number of esters is 1. The molecule has 2 aromatic heterocycles. The fourth-order valence-corrected chi connectivity index (χ4v) is 2.16. The van der Waals surface area contributed by atoms with Crippen molar-refractivity contribution in [3.8, 4) is 0 Å². The van der Waals surface area contributed by atoms with E-state index < -0.39 is 0 Å². The van der Waals surface area contributed by atoms with Crippen LogP contribution < -0.4 is 5.43 Å². The van der Waals surface area contributed by atoms with Crippen molar-refractivity contribution >= 4 is 28.7 Å². The number of carbonyl (C=O) groups is 1. The van der Waals surface area contributed by atoms with Crippen LogP contribution in [-0.2, 0) is 4.74 Å². The SMILES string of the molecule is CCOC(=O)c1sc(N/N=C\c2ccco2)nc1C. The van der Waals surface area contributed by atoms with Crippen LogP contribution in [-0.4, -0.2) is 23.8 Å². The molecule has 2 heterocycles. The number of hydrogen-bond donors (Lipinski definition) is 1. The van der Waals surface area contributed by atoms with E-state index in [1.165, 1.54) is 17.6 Å². The van der Waals surface area contributed by atoms with Gasteiger partial charge in [-0.25, -0.2) is 9.78 Å². The molecule has 1 N–H and O–H groups in total. The number of rotatable bonds is 5. The van der Waals surface area contributed by atoms with Crippen molar-refractivity contribution in [2.45, 2.75) is 13.8 Å². The number of nitrogens with one attached hydrogen (secondary N) is 1. The van der Waals surface area contributed by atoms with E-state index in [2.05, 4.69) is 15.5 Å². The quantitative estimate of drug-likeness (QED) is 0.517. The van der Waals surface area contributed by atoms with Crippen LogP contribution in [0.3, 0.4) is 0 Å². The molecule has 0 atom stereocenters. The number of hydrogen-bond acceptors (Lipinski definition) is 7. The molecule has 0 unspecified atom stereocenters. The van der Waals surface area contributed by atoms with Gasteiger partial charge in [0, 0.05) is 0 Å². The summed E-state index contributed by atoms with van der Waals surface area (Å²) in [6.45, 7) is 3.86. The largest absolute Gasteiger partial charge is 0.463 e. The third kappa shape index (κ3) is 3.41. The number of nitrogens with zero attached hydrogens (tertiary/aromatic N) is 2. The molecule has 2 rings (SSSR count). The molecule has 0 spiro atoms. The maximum absolute atomic E-state index is 11.6. The Kier molecular flexibility index (Phi) is 4.30. The van der Waals surface area contributed by atoms with Gasteiger partial charge in [0.05, 0.1) is 24.8 Å². The first kappa shape index (κ1) is 13.3. The zero-order valence-electron chi connectivity index (χ0n) is 10.5. The molecule has 0 amide bonds. The van der Waals surface area contributed by atoms with E-state index in [1.54, 1.807) is 32.2 Å². The molecule has 0 saturated heterocycles. The zero-order valence-corrected chi connectivity index (χ0v) is 11.4. The van der Waals surface area contributed by atoms with Crippen molar-refractivity contribution in [3.05, 3.63) is 34.7 Å². The van der Waals surface area contributed by atoms with E-state index in [9.17, 15) is 4.79 Å². The number of furan rings is 1. The lowest BCUT2D eigenvalue weighted by molar-refractivity contribution is 0.0531. The van der Waals surface area contributed by atoms with E-state index in [0.29, 0.717) is 28.1 Å². The van der Waals surface area contributed by atoms with Gasteiger partial charge in [-0.3, -0.25) is 5.43 Å². The van der Waals surface area contributed by atoms with Crippen molar-refractivity contribution in [1.29, 1.82) is 0 Å². The molecule has 0 aliphatic carbocycles. The predicted molar refractivity (Wildman–Crippen MR) is 72.7 cm³/mol. The highest BCUT2D eigenvalue weighted by atomic mass is 32.1. The van der Waals surface area contributed by atoms with Crippen LogP contribution >= 0.6 is 11.3 Å². The maximum Gasteiger partial charge on any atom is 0.350 e. The first-order chi connectivity index (χ1) is 9.20. The summed E-state index contributed by atoms with van der Waals surface area (Å²) in [5.41, 5.74) is 3.37. The summed E-state index contributed by atoms with van der Waals surface area (Å²) >= 11 is 1.20. The normalized spacial score (nSPS) is 10.8. The van der Waals surface area contributed by atoms with Gasteiger partial charge in [0.2, 0.25) is 5.13 Å². The Bertz CT molecular complexity index is 575. The monoisotopic (exact) mass is 279 g/mol. The number of carbonyl (C=O) groups excluding carboxylic acids is 1. The second kappa shape index (κ2) is 6.14. The zero-order chi connectivity index (χ0) is 13.7. The molecule has 7 heteroatoms. The molecule has 100 valence electrons. The lowest BCUT2D eigenvalue weighted by Crippen LogP contribution is -2.03. The van der Waals surface area contributed by atoms with Crippen molar-refractivity contribution in [3.63, 3.8) is 0 Å². The van der Waals surface area contributed by atoms with Crippen molar-refractivity contribution in [1.82, 2.24) is 4.98 Å². The maximum atomic E-state index is 11.6. The summed E-state index contributed by atoms with van der Waals surface area (Å²) in [5.74, 6) is 0.270. The summed E-state index contributed by atoms with van der Waals surface area (Å²) in [6, 6.07) is 3.55. The lowest BCUT2D eigenvalue weighted by atomic mass is 10.4. The van der Waals surface area contributed by atoms with Gasteiger partial charge in [-0.2, -0.15) is 5.10 Å². The van der Waals surface area contributed by atoms with E-state index in [-0.39, 0.29) is 5.97 Å². The first-order valence-corrected chi connectivity index (χ1v) is 6.49. The highest BCUT2D eigenvalue weighted by Gasteiger charge is 2.15. The van der Waals surface area contributed by atoms with Crippen LogP contribution in [0.4, 0.5) is 5.13 Å². The van der Waals surface area contributed by atoms with Gasteiger partial charge in [0.1, 0.15) is 10.6 Å². The highest BCUT2D eigenvalue weighted by Crippen LogP contribution is 2.23. The van der Waals surface area contributed by atoms with E-state index >= 15 is 0 Å². The Labute approximate surface area is 114 Å². The van der Waals surface area contributed by atoms with Gasteiger partial charge < -0.3 is 9.15 Å². The van der Waals surface area contributed by atoms with Gasteiger partial charge in [0.15, 0.2) is 0 Å². The van der Waals surface area contributed by atoms with Crippen LogP contribution in [0.2, 0.25) is 0 Å². The van der Waals surface area contributed by atoms with Crippen LogP contribution in [0.15, 0.2) is 27.9 Å². The fraction of sp³-hybridized carbons (Fsp3) is 0.250. The number of thiazole rings is 1. The Morgan fingerprint density at radius 1 is 1.68 bits per heavy atom. The summed E-state index contributed by atoms with van der Waals surface area (Å²) in [7, 11) is 0. The smallest absolute Gasteiger partial charge is 0.350 e. The molecule has 0 saturated carbocycles. The number of ether oxygens (including phenoxy) is 1. The minimum absolute atomic E-state index is 0.343. The Morgan fingerprint density at radius 2 is 2.53 bits per heavy atom. The van der Waals surface area contributed by atoms with Gasteiger partial charge in [-0.1, -0.05) is 11.3 Å². The molecular weight excluding hydrogens is 266 g/mol. The Morgan fingerprint density at radius 3 is 3.21 bits per heavy atom. The minimum Gasteiger partial charge on any atom is -0.463 e. The molecule has 0 aromatic carbocycles. The average Bonchev–Trinajstić information content (AvgIpc) is 2.99. The van der Waals surface area contributed by atoms with Gasteiger partial charge in [-0.05, 0) is 26.0 Å². The lowest BCUT2D eigenvalue weighted by Gasteiger charge is -1.97. The first-order valence-electron chi connectivity index (χ1n) is 5.68. The van der Waals surface area contributed by atoms with Crippen molar-refractivity contribution < 1.29 is 13.9 Å². The third-order valence-corrected chi connectivity index (χ3v) is 3.19. The van der Waals surface area contributed by atoms with E-state index in [0.717, 1.165) is 0 Å². The van der Waals surface area contributed by atoms with E-state index in [1.807, 2.05) is 0 Å². The number of hydrazone groups is 1. The third-order valence-electron chi connectivity index (χ3n) is 2.15.